The molecule has 30 heteroatoms. The molecule has 50 heavy (non-hydrogen) atoms. The van der Waals surface area contributed by atoms with E-state index in [4.69, 9.17) is 34.2 Å². The third-order valence-electron chi connectivity index (χ3n) is 6.90. The van der Waals surface area contributed by atoms with Gasteiger partial charge >= 0.3 is 118 Å². The van der Waals surface area contributed by atoms with Crippen LogP contribution in [0.1, 0.15) is 0 Å². The first-order chi connectivity index (χ1) is 21.2. The molecule has 0 spiro atoms. The van der Waals surface area contributed by atoms with E-state index in [1.54, 1.807) is 0 Å². The second-order valence-electron chi connectivity index (χ2n) is 10.2. The zero-order chi connectivity index (χ0) is 34.7. The van der Waals surface area contributed by atoms with Crippen LogP contribution >= 0.6 is 15.6 Å². The van der Waals surface area contributed by atoms with Gasteiger partial charge in [-0.3, -0.25) is 4.57 Å². The van der Waals surface area contributed by atoms with Crippen LogP contribution in [-0.2, 0) is 51.4 Å². The van der Waals surface area contributed by atoms with Gasteiger partial charge < -0.3 is 113 Å². The quantitative estimate of drug-likeness (QED) is 0.0581. The van der Waals surface area contributed by atoms with E-state index >= 15 is 0 Å². The van der Waals surface area contributed by atoms with E-state index in [1.165, 1.54) is 0 Å². The number of nitrogens with two attached hydrogens (primary N) is 1. The molecule has 3 aliphatic rings. The third kappa shape index (κ3) is 15.8. The van der Waals surface area contributed by atoms with E-state index in [1.807, 2.05) is 0 Å². The third-order valence-corrected chi connectivity index (χ3v) is 7.87. The maximum absolute atomic E-state index is 11.5. The monoisotopic (exact) mass is 809 g/mol. The van der Waals surface area contributed by atoms with Crippen molar-refractivity contribution in [3.63, 3.8) is 0 Å². The summed E-state index contributed by atoms with van der Waals surface area (Å²) in [6.07, 6.45) is -27.8. The fourth-order valence-corrected chi connectivity index (χ4v) is 5.40. The molecule has 3 heterocycles. The summed E-state index contributed by atoms with van der Waals surface area (Å²) >= 11 is 0. The normalized spacial score (nSPS) is 39.3. The number of carbonyl (C=O) groups is 1. The van der Waals surface area contributed by atoms with Crippen LogP contribution in [-0.4, -0.2) is 165 Å². The van der Waals surface area contributed by atoms with Crippen molar-refractivity contribution in [2.24, 2.45) is 5.73 Å². The van der Waals surface area contributed by atoms with Crippen molar-refractivity contribution < 1.29 is 230 Å². The zero-order valence-corrected chi connectivity index (χ0v) is 37.0. The van der Waals surface area contributed by atoms with Crippen LogP contribution < -0.4 is 144 Å². The largest absolute Gasteiger partial charge is 1.00 e. The van der Waals surface area contributed by atoms with Gasteiger partial charge in [-0.05, 0) is 0 Å². The number of phosphoric ester groups is 2. The molecule has 0 bridgehead atoms. The number of hydrogen-bond acceptors (Lipinski definition) is 23. The molecule has 0 aromatic carbocycles. The first kappa shape index (κ1) is 55.2. The molecular weight excluding hydrogens is 776 g/mol. The molecule has 3 saturated heterocycles. The molecule has 0 aliphatic carbocycles. The number of rotatable bonds is 14. The summed E-state index contributed by atoms with van der Waals surface area (Å²) < 4.78 is 62.6. The van der Waals surface area contributed by atoms with Crippen LogP contribution in [0, 0.1) is 0 Å². The topological polar surface area (TPSA) is 405 Å². The maximum atomic E-state index is 11.5. The Balaban J connectivity index is 0. The van der Waals surface area contributed by atoms with E-state index in [9.17, 15) is 74.4 Å². The van der Waals surface area contributed by atoms with E-state index in [0.29, 0.717) is 0 Å². The van der Waals surface area contributed by atoms with Crippen molar-refractivity contribution in [3.05, 3.63) is 0 Å². The average molecular weight is 809 g/mol. The molecule has 270 valence electrons. The smallest absolute Gasteiger partial charge is 0.790 e. The average Bonchev–Trinajstić information content (AvgIpc) is 2.95. The van der Waals surface area contributed by atoms with Gasteiger partial charge in [0.2, 0.25) is 0 Å². The van der Waals surface area contributed by atoms with Crippen molar-refractivity contribution >= 4 is 21.6 Å². The van der Waals surface area contributed by atoms with E-state index < -0.39 is 140 Å². The molecule has 1 unspecified atom stereocenters. The number of aliphatic carboxylic acids is 1. The predicted octanol–water partition coefficient (Wildman–Crippen LogP) is -22.5. The summed E-state index contributed by atoms with van der Waals surface area (Å²) in [5.41, 5.74) is 5.26. The Morgan fingerprint density at radius 1 is 0.800 bits per heavy atom. The maximum Gasteiger partial charge on any atom is 1.00 e. The molecular formula is C20H33NNa4O23P2. The minimum Gasteiger partial charge on any atom is -0.790 e. The van der Waals surface area contributed by atoms with Crippen molar-refractivity contribution in [2.75, 3.05) is 26.4 Å². The number of phosphoric acid groups is 2. The molecule has 10 N–H and O–H groups in total. The fourth-order valence-electron chi connectivity index (χ4n) is 4.54. The molecule has 16 atom stereocenters. The number of aliphatic hydroxyl groups is 7. The van der Waals surface area contributed by atoms with Gasteiger partial charge in [0.15, 0.2) is 18.9 Å². The van der Waals surface area contributed by atoms with Gasteiger partial charge in [-0.2, -0.15) is 0 Å². The van der Waals surface area contributed by atoms with E-state index in [0.717, 1.165) is 0 Å². The number of carbonyl (C=O) groups excluding carboxylic acids is 1. The summed E-state index contributed by atoms with van der Waals surface area (Å²) in [6, 6.07) is -1.75. The standard InChI is InChI=1S/C20H37NO23P2.4Na/c21-5(17(29)30)2-37-20-16(44-46(34,35)36)11(25)7(3-38-20)41-19-14(28)15(10(24)8(42-19)4-39-45(31,32)33)43-18-13(27)12(26)9(23)6(1-22)40-18;;;;/h5-16,18-20,22-28H,1-4,21H2,(H,29,30)(H2,31,32,33)(H2,34,35,36);;;;/q;4*+1/p-4/t5-,6+,7+,8+,9-,10-,11-,12-,13+,14+,15-,16+,18-,19+,20+;;;;/m0..../s1. The van der Waals surface area contributed by atoms with Crippen molar-refractivity contribution in [1.82, 2.24) is 0 Å². The number of carboxylic acid groups (broad SMARTS) is 1. The van der Waals surface area contributed by atoms with Crippen molar-refractivity contribution in [3.8, 4) is 0 Å². The summed E-state index contributed by atoms with van der Waals surface area (Å²) in [7, 11) is -11.4. The molecule has 3 rings (SSSR count). The number of hydrogen-bond donors (Lipinski definition) is 9. The zero-order valence-electron chi connectivity index (χ0n) is 27.2. The molecule has 3 fully saturated rings. The Hall–Kier alpha value is 3.13. The van der Waals surface area contributed by atoms with Gasteiger partial charge in [0.25, 0.3) is 7.82 Å². The summed E-state index contributed by atoms with van der Waals surface area (Å²) in [4.78, 5) is 53.6. The first-order valence-electron chi connectivity index (χ1n) is 13.1. The van der Waals surface area contributed by atoms with Crippen LogP contribution in [0.15, 0.2) is 0 Å². The van der Waals surface area contributed by atoms with Gasteiger partial charge in [0, 0.05) is 0 Å². The van der Waals surface area contributed by atoms with Gasteiger partial charge in [-0.1, -0.05) is 0 Å². The van der Waals surface area contributed by atoms with E-state index in [2.05, 4.69) is 9.05 Å². The molecule has 0 saturated carbocycles. The second kappa shape index (κ2) is 24.1. The van der Waals surface area contributed by atoms with Gasteiger partial charge in [0.1, 0.15) is 67.1 Å². The second-order valence-corrected chi connectivity index (χ2v) is 12.5. The molecule has 0 aromatic rings. The Bertz CT molecular complexity index is 1110. The van der Waals surface area contributed by atoms with Gasteiger partial charge in [-0.15, -0.1) is 0 Å². The Morgan fingerprint density at radius 3 is 1.88 bits per heavy atom. The minimum absolute atomic E-state index is 0. The SMILES string of the molecule is N[C@@H](CO[C@@H]1OC[C@@H](O[C@@H]2O[C@H](COP(=O)([O-])[O-])[C@H](O)[C@H](O[C@@H]3O[C@H](CO)[C@H](O)[C@H](O)[C@H]3O)[C@H]2O)[C@H](O)[C@H]1OP(=O)([O-])O)C(=O)[O-].[Na+].[Na+].[Na+].[Na+]. The minimum atomic E-state index is -5.69. The fraction of sp³-hybridized carbons (Fsp3) is 0.950. The van der Waals surface area contributed by atoms with Gasteiger partial charge in [0.05, 0.1) is 46.3 Å². The number of ether oxygens (including phenoxy) is 6. The first-order valence-corrected chi connectivity index (χ1v) is 16.1. The Labute approximate surface area is 371 Å². The molecule has 24 nitrogen and oxygen atoms in total. The number of aliphatic hydroxyl groups excluding tert-OH is 7. The Morgan fingerprint density at radius 2 is 1.36 bits per heavy atom. The van der Waals surface area contributed by atoms with Crippen LogP contribution in [0.4, 0.5) is 0 Å². The molecule has 0 radical (unpaired) electrons. The molecule has 0 aromatic heterocycles. The van der Waals surface area contributed by atoms with Crippen molar-refractivity contribution in [2.45, 2.75) is 92.1 Å². The van der Waals surface area contributed by atoms with E-state index in [-0.39, 0.29) is 118 Å². The summed E-state index contributed by atoms with van der Waals surface area (Å²) in [5.74, 6) is -1.78. The van der Waals surface area contributed by atoms with Crippen molar-refractivity contribution in [1.29, 1.82) is 0 Å². The Kier molecular flexibility index (Phi) is 26.7. The van der Waals surface area contributed by atoms with Crippen LogP contribution in [0.2, 0.25) is 0 Å². The van der Waals surface area contributed by atoms with Gasteiger partial charge in [-0.25, -0.2) is 0 Å². The predicted molar refractivity (Wildman–Crippen MR) is 127 cm³/mol. The van der Waals surface area contributed by atoms with Crippen LogP contribution in [0.25, 0.3) is 0 Å². The summed E-state index contributed by atoms with van der Waals surface area (Å²) in [6.45, 7) is -3.75. The van der Waals surface area contributed by atoms with Crippen LogP contribution in [0.3, 0.4) is 0 Å². The summed E-state index contributed by atoms with van der Waals surface area (Å²) in [5, 5.41) is 83.2. The molecule has 3 aliphatic heterocycles. The molecule has 0 amide bonds. The van der Waals surface area contributed by atoms with Crippen LogP contribution in [0.5, 0.6) is 0 Å². The number of carboxylic acids is 1.